The molecule has 0 aromatic heterocycles. The van der Waals surface area contributed by atoms with E-state index >= 15 is 0 Å². The van der Waals surface area contributed by atoms with Crippen LogP contribution in [-0.2, 0) is 10.3 Å². The van der Waals surface area contributed by atoms with E-state index < -0.39 is 5.54 Å². The van der Waals surface area contributed by atoms with Gasteiger partial charge in [0.2, 0.25) is 6.08 Å². The molecule has 2 nitrogen and oxygen atoms in total. The molecule has 0 saturated heterocycles. The van der Waals surface area contributed by atoms with E-state index in [2.05, 4.69) is 16.8 Å². The Morgan fingerprint density at radius 2 is 2.07 bits per heavy atom. The highest BCUT2D eigenvalue weighted by Gasteiger charge is 2.18. The molecule has 1 rings (SSSR count). The molecule has 0 fully saturated rings. The van der Waals surface area contributed by atoms with E-state index in [1.165, 1.54) is 0 Å². The average molecular weight is 199 g/mol. The first-order chi connectivity index (χ1) is 7.10. The van der Waals surface area contributed by atoms with Crippen molar-refractivity contribution in [1.82, 2.24) is 0 Å². The Kier molecular flexibility index (Phi) is 3.44. The number of benzene rings is 1. The third-order valence-corrected chi connectivity index (χ3v) is 2.16. The Morgan fingerprint density at radius 3 is 2.67 bits per heavy atom. The first kappa shape index (κ1) is 11.2. The minimum absolute atomic E-state index is 0.535. The molecule has 0 bridgehead atoms. The fraction of sp³-hybridized carbons (Fsp3) is 0.308. The zero-order valence-electron chi connectivity index (χ0n) is 9.16. The van der Waals surface area contributed by atoms with Crippen LogP contribution in [-0.4, -0.2) is 6.08 Å². The van der Waals surface area contributed by atoms with E-state index in [0.717, 1.165) is 11.1 Å². The SMILES string of the molecule is CC#Cc1cccc(C(C)(C)N=C=O)c1. The summed E-state index contributed by atoms with van der Waals surface area (Å²) in [5.41, 5.74) is 1.36. The number of carbonyl (C=O) groups excluding carboxylic acids is 1. The van der Waals surface area contributed by atoms with Crippen molar-refractivity contribution >= 4 is 6.08 Å². The number of nitrogens with zero attached hydrogens (tertiary/aromatic N) is 1. The molecule has 1 aromatic rings. The van der Waals surface area contributed by atoms with E-state index in [-0.39, 0.29) is 0 Å². The molecule has 2 heteroatoms. The van der Waals surface area contributed by atoms with Gasteiger partial charge >= 0.3 is 0 Å². The van der Waals surface area contributed by atoms with Crippen LogP contribution in [0.3, 0.4) is 0 Å². The molecular formula is C13H13NO. The van der Waals surface area contributed by atoms with Crippen LogP contribution in [0.5, 0.6) is 0 Å². The number of hydrogen-bond acceptors (Lipinski definition) is 2. The minimum atomic E-state index is -0.535. The topological polar surface area (TPSA) is 29.4 Å². The van der Waals surface area contributed by atoms with Crippen molar-refractivity contribution in [2.75, 3.05) is 0 Å². The summed E-state index contributed by atoms with van der Waals surface area (Å²) in [4.78, 5) is 14.1. The van der Waals surface area contributed by atoms with Crippen molar-refractivity contribution in [3.05, 3.63) is 35.4 Å². The second-order valence-corrected chi connectivity index (χ2v) is 3.72. The smallest absolute Gasteiger partial charge is 0.211 e. The van der Waals surface area contributed by atoms with Gasteiger partial charge in [0, 0.05) is 5.56 Å². The van der Waals surface area contributed by atoms with E-state index in [1.54, 1.807) is 13.0 Å². The van der Waals surface area contributed by atoms with Crippen LogP contribution < -0.4 is 0 Å². The van der Waals surface area contributed by atoms with Crippen LogP contribution in [0.4, 0.5) is 0 Å². The van der Waals surface area contributed by atoms with Gasteiger partial charge in [-0.1, -0.05) is 18.1 Å². The second-order valence-electron chi connectivity index (χ2n) is 3.72. The van der Waals surface area contributed by atoms with Crippen molar-refractivity contribution in [2.45, 2.75) is 26.3 Å². The fourth-order valence-corrected chi connectivity index (χ4v) is 1.30. The van der Waals surface area contributed by atoms with Gasteiger partial charge in [-0.3, -0.25) is 0 Å². The van der Waals surface area contributed by atoms with Crippen molar-refractivity contribution in [2.24, 2.45) is 4.99 Å². The molecule has 0 atom stereocenters. The molecule has 0 unspecified atom stereocenters. The molecule has 0 aliphatic rings. The number of rotatable bonds is 2. The van der Waals surface area contributed by atoms with E-state index in [4.69, 9.17) is 0 Å². The lowest BCUT2D eigenvalue weighted by Gasteiger charge is -2.17. The molecule has 76 valence electrons. The standard InChI is InChI=1S/C13H13NO/c1-4-6-11-7-5-8-12(9-11)13(2,3)14-10-15/h5,7-9H,1-3H3. The highest BCUT2D eigenvalue weighted by molar-refractivity contribution is 5.41. The molecule has 1 aromatic carbocycles. The molecule has 0 radical (unpaired) electrons. The quantitative estimate of drug-likeness (QED) is 0.409. The lowest BCUT2D eigenvalue weighted by molar-refractivity contribution is 0.523. The zero-order chi connectivity index (χ0) is 11.3. The van der Waals surface area contributed by atoms with Gasteiger partial charge < -0.3 is 0 Å². The molecule has 0 aliphatic carbocycles. The normalized spacial score (nSPS) is 9.80. The number of aliphatic imine (C=N–C) groups is 1. The third kappa shape index (κ3) is 2.80. The second kappa shape index (κ2) is 4.59. The van der Waals surface area contributed by atoms with Crippen LogP contribution in [0, 0.1) is 11.8 Å². The van der Waals surface area contributed by atoms with E-state index in [0.29, 0.717) is 0 Å². The van der Waals surface area contributed by atoms with Crippen molar-refractivity contribution in [3.8, 4) is 11.8 Å². The van der Waals surface area contributed by atoms with Gasteiger partial charge in [0.1, 0.15) is 0 Å². The number of isocyanates is 1. The highest BCUT2D eigenvalue weighted by Crippen LogP contribution is 2.24. The molecule has 0 heterocycles. The third-order valence-electron chi connectivity index (χ3n) is 2.16. The summed E-state index contributed by atoms with van der Waals surface area (Å²) in [6.07, 6.45) is 1.60. The van der Waals surface area contributed by atoms with Gasteiger partial charge in [0.05, 0.1) is 5.54 Å². The maximum atomic E-state index is 10.3. The molecular weight excluding hydrogens is 186 g/mol. The molecule has 0 amide bonds. The maximum absolute atomic E-state index is 10.3. The molecule has 0 saturated carbocycles. The van der Waals surface area contributed by atoms with Gasteiger partial charge in [-0.25, -0.2) is 4.79 Å². The average Bonchev–Trinajstić information content (AvgIpc) is 2.19. The van der Waals surface area contributed by atoms with Gasteiger partial charge in [-0.15, -0.1) is 5.92 Å². The zero-order valence-corrected chi connectivity index (χ0v) is 9.16. The fourth-order valence-electron chi connectivity index (χ4n) is 1.30. The summed E-state index contributed by atoms with van der Waals surface area (Å²) < 4.78 is 0. The van der Waals surface area contributed by atoms with Crippen LogP contribution in [0.1, 0.15) is 31.9 Å². The number of hydrogen-bond donors (Lipinski definition) is 0. The van der Waals surface area contributed by atoms with Gasteiger partial charge in [-0.05, 0) is 38.5 Å². The lowest BCUT2D eigenvalue weighted by Crippen LogP contribution is -2.13. The Hall–Kier alpha value is -1.84. The first-order valence-electron chi connectivity index (χ1n) is 4.72. The Bertz CT molecular complexity index is 457. The molecule has 0 N–H and O–H groups in total. The Morgan fingerprint density at radius 1 is 1.33 bits per heavy atom. The summed E-state index contributed by atoms with van der Waals surface area (Å²) in [5, 5.41) is 0. The Labute approximate surface area is 90.0 Å². The van der Waals surface area contributed by atoms with Gasteiger partial charge in [-0.2, -0.15) is 4.99 Å². The van der Waals surface area contributed by atoms with Crippen LogP contribution in [0.15, 0.2) is 29.3 Å². The highest BCUT2D eigenvalue weighted by atomic mass is 16.1. The summed E-state index contributed by atoms with van der Waals surface area (Å²) in [6, 6.07) is 7.72. The Balaban J connectivity index is 3.19. The molecule has 0 spiro atoms. The van der Waals surface area contributed by atoms with Crippen molar-refractivity contribution in [1.29, 1.82) is 0 Å². The predicted molar refractivity (Wildman–Crippen MR) is 60.1 cm³/mol. The maximum Gasteiger partial charge on any atom is 0.235 e. The molecule has 0 aliphatic heterocycles. The monoisotopic (exact) mass is 199 g/mol. The van der Waals surface area contributed by atoms with Crippen LogP contribution >= 0.6 is 0 Å². The summed E-state index contributed by atoms with van der Waals surface area (Å²) in [6.45, 7) is 5.54. The largest absolute Gasteiger partial charge is 0.235 e. The van der Waals surface area contributed by atoms with Crippen LogP contribution in [0.2, 0.25) is 0 Å². The summed E-state index contributed by atoms with van der Waals surface area (Å²) in [7, 11) is 0. The van der Waals surface area contributed by atoms with Gasteiger partial charge in [0.25, 0.3) is 0 Å². The van der Waals surface area contributed by atoms with Gasteiger partial charge in [0.15, 0.2) is 0 Å². The van der Waals surface area contributed by atoms with E-state index in [1.807, 2.05) is 38.1 Å². The summed E-state index contributed by atoms with van der Waals surface area (Å²) >= 11 is 0. The van der Waals surface area contributed by atoms with E-state index in [9.17, 15) is 4.79 Å². The molecule has 15 heavy (non-hydrogen) atoms. The first-order valence-corrected chi connectivity index (χ1v) is 4.72. The minimum Gasteiger partial charge on any atom is -0.211 e. The van der Waals surface area contributed by atoms with Crippen molar-refractivity contribution < 1.29 is 4.79 Å². The van der Waals surface area contributed by atoms with Crippen molar-refractivity contribution in [3.63, 3.8) is 0 Å². The predicted octanol–water partition coefficient (Wildman–Crippen LogP) is 2.63. The lowest BCUT2D eigenvalue weighted by atomic mass is 9.94. The van der Waals surface area contributed by atoms with Crippen LogP contribution in [0.25, 0.3) is 0 Å². The summed E-state index contributed by atoms with van der Waals surface area (Å²) in [5.74, 6) is 5.81.